The molecule has 30 heavy (non-hydrogen) atoms. The molecule has 0 radical (unpaired) electrons. The van der Waals surface area contributed by atoms with Gasteiger partial charge in [-0.1, -0.05) is 52.6 Å². The first-order valence-electron chi connectivity index (χ1n) is 10.3. The predicted molar refractivity (Wildman–Crippen MR) is 130 cm³/mol. The van der Waals surface area contributed by atoms with Gasteiger partial charge in [0.15, 0.2) is 8.32 Å². The van der Waals surface area contributed by atoms with Crippen LogP contribution in [0, 0.1) is 0 Å². The lowest BCUT2D eigenvalue weighted by molar-refractivity contribution is 0.00443. The largest absolute Gasteiger partial charge is 0.444 e. The summed E-state index contributed by atoms with van der Waals surface area (Å²) in [7, 11) is -2.02. The van der Waals surface area contributed by atoms with Crippen molar-refractivity contribution in [2.45, 2.75) is 89.9 Å². The highest BCUT2D eigenvalue weighted by molar-refractivity contribution is 9.11. The topological polar surface area (TPSA) is 59.0 Å². The van der Waals surface area contributed by atoms with Crippen LogP contribution in [0.3, 0.4) is 0 Å². The molecule has 1 aromatic rings. The molecule has 5 nitrogen and oxygen atoms in total. The summed E-state index contributed by atoms with van der Waals surface area (Å²) in [5, 5.41) is 11.3. The molecule has 1 heterocycles. The summed E-state index contributed by atoms with van der Waals surface area (Å²) in [5.41, 5.74) is 0.131. The van der Waals surface area contributed by atoms with Crippen molar-refractivity contribution in [3.8, 4) is 0 Å². The fourth-order valence-electron chi connectivity index (χ4n) is 3.30. The molecule has 0 bridgehead atoms. The van der Waals surface area contributed by atoms with E-state index in [0.29, 0.717) is 13.0 Å². The molecule has 1 unspecified atom stereocenters. The maximum absolute atomic E-state index is 13.0. The normalized spacial score (nSPS) is 21.6. The van der Waals surface area contributed by atoms with E-state index in [1.807, 2.05) is 39.0 Å². The van der Waals surface area contributed by atoms with Gasteiger partial charge in [-0.05, 0) is 69.1 Å². The van der Waals surface area contributed by atoms with Gasteiger partial charge in [0.05, 0.1) is 18.2 Å². The highest BCUT2D eigenvalue weighted by Gasteiger charge is 2.46. The van der Waals surface area contributed by atoms with E-state index in [1.54, 1.807) is 4.90 Å². The van der Waals surface area contributed by atoms with Gasteiger partial charge in [-0.3, -0.25) is 4.90 Å². The molecule has 0 aliphatic carbocycles. The molecule has 3 atom stereocenters. The van der Waals surface area contributed by atoms with E-state index in [4.69, 9.17) is 9.16 Å². The number of rotatable bonds is 4. The number of aliphatic hydroxyl groups excluding tert-OH is 1. The highest BCUT2D eigenvalue weighted by atomic mass is 79.9. The van der Waals surface area contributed by atoms with Crippen molar-refractivity contribution < 1.29 is 19.1 Å². The lowest BCUT2D eigenvalue weighted by Crippen LogP contribution is -2.45. The van der Waals surface area contributed by atoms with Crippen LogP contribution in [0.25, 0.3) is 0 Å². The fraction of sp³-hybridized carbons (Fsp3) is 0.682. The van der Waals surface area contributed by atoms with Crippen LogP contribution < -0.4 is 0 Å². The minimum absolute atomic E-state index is 0.0651. The number of benzene rings is 1. The van der Waals surface area contributed by atoms with Crippen molar-refractivity contribution in [3.05, 3.63) is 32.7 Å². The maximum Gasteiger partial charge on any atom is 0.410 e. The first-order chi connectivity index (χ1) is 13.5. The molecule has 0 saturated carbocycles. The number of carbonyl (C=O) groups is 1. The lowest BCUT2D eigenvalue weighted by atomic mass is 10.00. The van der Waals surface area contributed by atoms with Crippen LogP contribution in [0.15, 0.2) is 27.1 Å². The average molecular weight is 565 g/mol. The summed E-state index contributed by atoms with van der Waals surface area (Å²) in [4.78, 5) is 14.6. The van der Waals surface area contributed by atoms with Gasteiger partial charge in [-0.2, -0.15) is 0 Å². The van der Waals surface area contributed by atoms with Gasteiger partial charge in [-0.25, -0.2) is 4.79 Å². The zero-order valence-corrected chi connectivity index (χ0v) is 23.4. The van der Waals surface area contributed by atoms with Crippen molar-refractivity contribution in [1.82, 2.24) is 4.90 Å². The Hall–Kier alpha value is -0.413. The number of nitrogens with zero attached hydrogens (tertiary/aromatic N) is 1. The Bertz CT molecular complexity index is 753. The van der Waals surface area contributed by atoms with Crippen molar-refractivity contribution in [2.75, 3.05) is 6.54 Å². The van der Waals surface area contributed by atoms with Gasteiger partial charge in [-0.15, -0.1) is 0 Å². The Morgan fingerprint density at radius 2 is 1.67 bits per heavy atom. The lowest BCUT2D eigenvalue weighted by Gasteiger charge is -2.38. The Morgan fingerprint density at radius 1 is 1.13 bits per heavy atom. The van der Waals surface area contributed by atoms with Gasteiger partial charge >= 0.3 is 6.09 Å². The molecule has 1 amide bonds. The van der Waals surface area contributed by atoms with E-state index in [-0.39, 0.29) is 11.1 Å². The van der Waals surface area contributed by atoms with Crippen LogP contribution in [0.2, 0.25) is 18.1 Å². The summed E-state index contributed by atoms with van der Waals surface area (Å²) >= 11 is 6.96. The van der Waals surface area contributed by atoms with Crippen LogP contribution in [-0.4, -0.2) is 48.7 Å². The molecule has 1 aliphatic rings. The zero-order chi connectivity index (χ0) is 23.1. The highest BCUT2D eigenvalue weighted by Crippen LogP contribution is 2.41. The predicted octanol–water partition coefficient (Wildman–Crippen LogP) is 6.64. The van der Waals surface area contributed by atoms with Crippen molar-refractivity contribution >= 4 is 46.3 Å². The second kappa shape index (κ2) is 9.22. The Kier molecular flexibility index (Phi) is 7.94. The van der Waals surface area contributed by atoms with E-state index in [9.17, 15) is 9.90 Å². The summed E-state index contributed by atoms with van der Waals surface area (Å²) < 4.78 is 14.0. The third kappa shape index (κ3) is 6.54. The van der Waals surface area contributed by atoms with E-state index < -0.39 is 32.2 Å². The first-order valence-corrected chi connectivity index (χ1v) is 14.8. The number of hydrogen-bond acceptors (Lipinski definition) is 4. The minimum Gasteiger partial charge on any atom is -0.444 e. The molecule has 1 saturated heterocycles. The molecule has 2 rings (SSSR count). The van der Waals surface area contributed by atoms with Crippen LogP contribution >= 0.6 is 31.9 Å². The van der Waals surface area contributed by atoms with Crippen molar-refractivity contribution in [2.24, 2.45) is 0 Å². The third-order valence-corrected chi connectivity index (χ3v) is 11.2. The number of halogens is 2. The molecule has 1 aromatic carbocycles. The summed E-state index contributed by atoms with van der Waals surface area (Å²) in [6.07, 6.45) is -0.827. The van der Waals surface area contributed by atoms with Crippen LogP contribution in [0.1, 0.15) is 59.6 Å². The Labute approximate surface area is 198 Å². The summed E-state index contributed by atoms with van der Waals surface area (Å²) in [5.74, 6) is 0. The molecule has 1 N–H and O–H groups in total. The van der Waals surface area contributed by atoms with Crippen molar-refractivity contribution in [1.29, 1.82) is 0 Å². The summed E-state index contributed by atoms with van der Waals surface area (Å²) in [6, 6.07) is 5.26. The van der Waals surface area contributed by atoms with Crippen molar-refractivity contribution in [3.63, 3.8) is 0 Å². The van der Waals surface area contributed by atoms with Gasteiger partial charge in [0, 0.05) is 15.5 Å². The van der Waals surface area contributed by atoms with E-state index >= 15 is 0 Å². The second-order valence-corrected chi connectivity index (χ2v) is 17.2. The standard InChI is InChI=1S/C22H35Br2NO4Si/c1-21(2,3)28-20(27)25-13-17(29-30(7,8)22(4,5)6)12-18(25)19(26)14-9-15(23)11-16(24)10-14/h9-11,17-19,26H,12-13H2,1-8H3/t17-,18+,19?/m1/s1. The van der Waals surface area contributed by atoms with Crippen LogP contribution in [0.4, 0.5) is 4.79 Å². The first kappa shape index (κ1) is 25.8. The van der Waals surface area contributed by atoms with Gasteiger partial charge < -0.3 is 14.3 Å². The van der Waals surface area contributed by atoms with E-state index in [2.05, 4.69) is 65.7 Å². The monoisotopic (exact) mass is 563 g/mol. The number of carbonyl (C=O) groups excluding carboxylic acids is 1. The van der Waals surface area contributed by atoms with E-state index in [0.717, 1.165) is 14.5 Å². The Balaban J connectivity index is 2.32. The number of amides is 1. The van der Waals surface area contributed by atoms with Gasteiger partial charge in [0.1, 0.15) is 5.60 Å². The molecule has 1 fully saturated rings. The van der Waals surface area contributed by atoms with E-state index in [1.165, 1.54) is 0 Å². The quantitative estimate of drug-likeness (QED) is 0.416. The van der Waals surface area contributed by atoms with Gasteiger partial charge in [0.2, 0.25) is 0 Å². The second-order valence-electron chi connectivity index (χ2n) is 10.6. The molecular weight excluding hydrogens is 530 g/mol. The number of hydrogen-bond donors (Lipinski definition) is 1. The number of ether oxygens (including phenoxy) is 1. The smallest absolute Gasteiger partial charge is 0.410 e. The molecule has 8 heteroatoms. The minimum atomic E-state index is -2.02. The number of likely N-dealkylation sites (tertiary alicyclic amines) is 1. The Morgan fingerprint density at radius 3 is 2.13 bits per heavy atom. The molecule has 170 valence electrons. The SMILES string of the molecule is CC(C)(C)OC(=O)N1C[C@H](O[Si](C)(C)C(C)(C)C)C[C@H]1C(O)c1cc(Br)cc(Br)c1. The van der Waals surface area contributed by atoms with Gasteiger partial charge in [0.25, 0.3) is 0 Å². The number of aliphatic hydroxyl groups is 1. The molecule has 0 aromatic heterocycles. The van der Waals surface area contributed by atoms with Crippen LogP contribution in [-0.2, 0) is 9.16 Å². The maximum atomic E-state index is 13.0. The molecule has 0 spiro atoms. The average Bonchev–Trinajstić information content (AvgIpc) is 2.93. The third-order valence-electron chi connectivity index (χ3n) is 5.79. The zero-order valence-electron chi connectivity index (χ0n) is 19.3. The molecule has 1 aliphatic heterocycles. The molecular formula is C22H35Br2NO4Si. The summed E-state index contributed by atoms with van der Waals surface area (Å²) in [6.45, 7) is 17.0. The fourth-order valence-corrected chi connectivity index (χ4v) is 5.99. The van der Waals surface area contributed by atoms with Crippen LogP contribution in [0.5, 0.6) is 0 Å².